The van der Waals surface area contributed by atoms with Crippen LogP contribution in [0.4, 0.5) is 14.9 Å². The molecule has 8 nitrogen and oxygen atoms in total. The summed E-state index contributed by atoms with van der Waals surface area (Å²) in [6, 6.07) is 11.1. The first-order valence-corrected chi connectivity index (χ1v) is 10.3. The summed E-state index contributed by atoms with van der Waals surface area (Å²) in [6.45, 7) is 4.95. The first-order valence-electron chi connectivity index (χ1n) is 10.3. The zero-order valence-electron chi connectivity index (χ0n) is 18.1. The highest BCUT2D eigenvalue weighted by Crippen LogP contribution is 2.37. The molecule has 1 unspecified atom stereocenters. The van der Waals surface area contributed by atoms with Crippen molar-refractivity contribution >= 4 is 29.4 Å². The highest BCUT2D eigenvalue weighted by molar-refractivity contribution is 6.45. The van der Waals surface area contributed by atoms with Crippen LogP contribution in [-0.4, -0.2) is 42.9 Å². The number of anilines is 1. The first kappa shape index (κ1) is 22.9. The minimum absolute atomic E-state index is 0.149. The van der Waals surface area contributed by atoms with Gasteiger partial charge in [-0.1, -0.05) is 36.4 Å². The standard InChI is InChI=1S/C23H25FN4O4/c1-4-32-19(29)13-28-18-12-8-6-10-16(18)20(15-9-5-7-11-17(15)24)26-21(22(28)30)27-23(31)25-14(2)3/h5-12,14,20H,4,13H2,1-3H3,(H2,25,26,27,31). The lowest BCUT2D eigenvalue weighted by molar-refractivity contribution is -0.142. The average Bonchev–Trinajstić information content (AvgIpc) is 2.84. The van der Waals surface area contributed by atoms with Gasteiger partial charge in [0.25, 0.3) is 5.91 Å². The summed E-state index contributed by atoms with van der Waals surface area (Å²) in [6.07, 6.45) is 0. The van der Waals surface area contributed by atoms with E-state index in [1.54, 1.807) is 63.2 Å². The number of carbonyl (C=O) groups is 3. The number of amides is 3. The van der Waals surface area contributed by atoms with Crippen molar-refractivity contribution in [3.05, 3.63) is 65.5 Å². The number of nitrogens with one attached hydrogen (secondary N) is 2. The maximum Gasteiger partial charge on any atom is 0.326 e. The molecule has 0 aliphatic carbocycles. The predicted octanol–water partition coefficient (Wildman–Crippen LogP) is 2.93. The number of ether oxygens (including phenoxy) is 1. The molecular formula is C23H25FN4O4. The summed E-state index contributed by atoms with van der Waals surface area (Å²) in [5.74, 6) is -2.14. The van der Waals surface area contributed by atoms with E-state index in [0.717, 1.165) is 0 Å². The van der Waals surface area contributed by atoms with Gasteiger partial charge in [-0.2, -0.15) is 0 Å². The van der Waals surface area contributed by atoms with Crippen molar-refractivity contribution in [3.63, 3.8) is 0 Å². The van der Waals surface area contributed by atoms with Crippen molar-refractivity contribution in [1.82, 2.24) is 10.6 Å². The van der Waals surface area contributed by atoms with Gasteiger partial charge in [0, 0.05) is 17.2 Å². The monoisotopic (exact) mass is 440 g/mol. The Hall–Kier alpha value is -3.75. The summed E-state index contributed by atoms with van der Waals surface area (Å²) in [5.41, 5.74) is 1.12. The van der Waals surface area contributed by atoms with Gasteiger partial charge in [-0.3, -0.25) is 24.8 Å². The molecule has 0 saturated heterocycles. The third-order valence-corrected chi connectivity index (χ3v) is 4.67. The molecule has 0 fully saturated rings. The van der Waals surface area contributed by atoms with Gasteiger partial charge in [-0.05, 0) is 32.9 Å². The van der Waals surface area contributed by atoms with E-state index in [-0.39, 0.29) is 30.6 Å². The largest absolute Gasteiger partial charge is 0.465 e. The Morgan fingerprint density at radius 3 is 2.44 bits per heavy atom. The topological polar surface area (TPSA) is 100 Å². The molecular weight excluding hydrogens is 415 g/mol. The normalized spacial score (nSPS) is 15.5. The van der Waals surface area contributed by atoms with Crippen LogP contribution in [0.3, 0.4) is 0 Å². The molecule has 168 valence electrons. The van der Waals surface area contributed by atoms with Crippen molar-refractivity contribution in [2.45, 2.75) is 32.9 Å². The van der Waals surface area contributed by atoms with E-state index < -0.39 is 29.8 Å². The second-order valence-electron chi connectivity index (χ2n) is 7.41. The van der Waals surface area contributed by atoms with Crippen LogP contribution in [0.25, 0.3) is 0 Å². The highest BCUT2D eigenvalue weighted by atomic mass is 19.1. The summed E-state index contributed by atoms with van der Waals surface area (Å²) in [7, 11) is 0. The van der Waals surface area contributed by atoms with Crippen LogP contribution in [0, 0.1) is 5.82 Å². The van der Waals surface area contributed by atoms with Crippen molar-refractivity contribution in [1.29, 1.82) is 0 Å². The average molecular weight is 440 g/mol. The van der Waals surface area contributed by atoms with Crippen molar-refractivity contribution < 1.29 is 23.5 Å². The molecule has 0 radical (unpaired) electrons. The molecule has 2 aromatic carbocycles. The molecule has 2 N–H and O–H groups in total. The number of hydrogen-bond donors (Lipinski definition) is 2. The molecule has 0 aromatic heterocycles. The number of benzene rings is 2. The second-order valence-corrected chi connectivity index (χ2v) is 7.41. The second kappa shape index (κ2) is 10.0. The Bertz CT molecular complexity index is 1050. The minimum atomic E-state index is -0.919. The Morgan fingerprint density at radius 1 is 1.12 bits per heavy atom. The fourth-order valence-electron chi connectivity index (χ4n) is 3.37. The fraction of sp³-hybridized carbons (Fsp3) is 0.304. The summed E-state index contributed by atoms with van der Waals surface area (Å²) in [5, 5.41) is 5.09. The molecule has 1 heterocycles. The predicted molar refractivity (Wildman–Crippen MR) is 118 cm³/mol. The highest BCUT2D eigenvalue weighted by Gasteiger charge is 2.34. The van der Waals surface area contributed by atoms with Gasteiger partial charge >= 0.3 is 12.0 Å². The number of aliphatic imine (C=N–C) groups is 1. The number of nitrogens with zero attached hydrogens (tertiary/aromatic N) is 2. The van der Waals surface area contributed by atoms with E-state index in [1.165, 1.54) is 11.0 Å². The van der Waals surface area contributed by atoms with Crippen molar-refractivity contribution in [2.24, 2.45) is 4.99 Å². The van der Waals surface area contributed by atoms with E-state index in [2.05, 4.69) is 15.6 Å². The van der Waals surface area contributed by atoms with Gasteiger partial charge in [0.05, 0.1) is 12.3 Å². The number of halogens is 1. The van der Waals surface area contributed by atoms with Gasteiger partial charge < -0.3 is 10.1 Å². The van der Waals surface area contributed by atoms with Gasteiger partial charge in [0.1, 0.15) is 18.4 Å². The molecule has 3 amide bonds. The lowest BCUT2D eigenvalue weighted by atomic mass is 9.97. The number of hydrogen-bond acceptors (Lipinski definition) is 5. The van der Waals surface area contributed by atoms with Gasteiger partial charge in [0.2, 0.25) is 0 Å². The van der Waals surface area contributed by atoms with Gasteiger partial charge in [0.15, 0.2) is 5.84 Å². The molecule has 2 aromatic rings. The van der Waals surface area contributed by atoms with Crippen LogP contribution in [0.1, 0.15) is 37.9 Å². The number of fused-ring (bicyclic) bond motifs is 1. The number of urea groups is 1. The van der Waals surface area contributed by atoms with Crippen LogP contribution in [-0.2, 0) is 14.3 Å². The number of esters is 1. The van der Waals surface area contributed by atoms with E-state index in [4.69, 9.17) is 4.74 Å². The van der Waals surface area contributed by atoms with Crippen LogP contribution < -0.4 is 15.5 Å². The number of amidine groups is 1. The van der Waals surface area contributed by atoms with Gasteiger partial charge in [-0.25, -0.2) is 9.18 Å². The van der Waals surface area contributed by atoms with Crippen LogP contribution >= 0.6 is 0 Å². The third-order valence-electron chi connectivity index (χ3n) is 4.67. The molecule has 1 atom stereocenters. The maximum atomic E-state index is 14.7. The summed E-state index contributed by atoms with van der Waals surface area (Å²) >= 11 is 0. The minimum Gasteiger partial charge on any atom is -0.465 e. The molecule has 9 heteroatoms. The Balaban J connectivity index is 2.14. The molecule has 0 bridgehead atoms. The van der Waals surface area contributed by atoms with Crippen LogP contribution in [0.5, 0.6) is 0 Å². The maximum absolute atomic E-state index is 14.7. The molecule has 0 saturated carbocycles. The van der Waals surface area contributed by atoms with Crippen molar-refractivity contribution in [3.8, 4) is 0 Å². The van der Waals surface area contributed by atoms with Crippen LogP contribution in [0.15, 0.2) is 53.5 Å². The molecule has 32 heavy (non-hydrogen) atoms. The smallest absolute Gasteiger partial charge is 0.326 e. The van der Waals surface area contributed by atoms with E-state index in [1.807, 2.05) is 0 Å². The summed E-state index contributed by atoms with van der Waals surface area (Å²) in [4.78, 5) is 43.6. The molecule has 0 spiro atoms. The zero-order chi connectivity index (χ0) is 23.3. The number of carbonyl (C=O) groups excluding carboxylic acids is 3. The van der Waals surface area contributed by atoms with Gasteiger partial charge in [-0.15, -0.1) is 0 Å². The quantitative estimate of drug-likeness (QED) is 0.698. The fourth-order valence-corrected chi connectivity index (χ4v) is 3.37. The molecule has 3 rings (SSSR count). The molecule has 1 aliphatic rings. The number of para-hydroxylation sites is 1. The van der Waals surface area contributed by atoms with E-state index in [0.29, 0.717) is 11.3 Å². The zero-order valence-corrected chi connectivity index (χ0v) is 18.1. The lowest BCUT2D eigenvalue weighted by Gasteiger charge is -2.23. The van der Waals surface area contributed by atoms with Crippen LogP contribution in [0.2, 0.25) is 0 Å². The Labute approximate surface area is 185 Å². The van der Waals surface area contributed by atoms with Crippen molar-refractivity contribution in [2.75, 3.05) is 18.1 Å². The summed E-state index contributed by atoms with van der Waals surface area (Å²) < 4.78 is 19.7. The Kier molecular flexibility index (Phi) is 7.19. The Morgan fingerprint density at radius 2 is 1.78 bits per heavy atom. The number of rotatable bonds is 5. The third kappa shape index (κ3) is 5.11. The first-order chi connectivity index (χ1) is 15.3. The lowest BCUT2D eigenvalue weighted by Crippen LogP contribution is -2.50. The van der Waals surface area contributed by atoms with E-state index >= 15 is 0 Å². The van der Waals surface area contributed by atoms with E-state index in [9.17, 15) is 18.8 Å². The molecule has 1 aliphatic heterocycles. The SMILES string of the molecule is CCOC(=O)CN1C(=O)C(NC(=O)NC(C)C)=NC(c2ccccc2F)c2ccccc21.